The number of nitrogens with zero attached hydrogens (tertiary/aromatic N) is 3. The van der Waals surface area contributed by atoms with Crippen molar-refractivity contribution in [3.8, 4) is 22.5 Å². The summed E-state index contributed by atoms with van der Waals surface area (Å²) in [5, 5.41) is 32.9. The molecule has 0 aliphatic heterocycles. The minimum atomic E-state index is -0.788. The molecule has 7 N–H and O–H groups in total. The van der Waals surface area contributed by atoms with Gasteiger partial charge >= 0.3 is 0 Å². The number of benzene rings is 3. The Morgan fingerprint density at radius 1 is 0.900 bits per heavy atom. The molecule has 2 saturated carbocycles. The number of nitrogens with one attached hydrogen (secondary N) is 4. The molecule has 1 heterocycles. The fraction of sp³-hybridized carbons (Fsp3) is 0.421. The minimum Gasteiger partial charge on any atom is -0.393 e. The average Bonchev–Trinajstić information content (AvgIpc) is 3.68. The maximum Gasteiger partial charge on any atom is 0.251 e. The number of aromatic amines is 1. The van der Waals surface area contributed by atoms with E-state index in [-0.39, 0.29) is 35.8 Å². The second kappa shape index (κ2) is 16.2. The van der Waals surface area contributed by atoms with Crippen LogP contribution in [0.15, 0.2) is 66.7 Å². The van der Waals surface area contributed by atoms with Crippen molar-refractivity contribution in [1.82, 2.24) is 31.3 Å². The average molecular weight is 679 g/mol. The third-order valence-corrected chi connectivity index (χ3v) is 10.2. The zero-order chi connectivity index (χ0) is 35.0. The number of rotatable bonds is 11. The summed E-state index contributed by atoms with van der Waals surface area (Å²) in [7, 11) is 0. The zero-order valence-electron chi connectivity index (χ0n) is 28.4. The molecule has 1 aromatic heterocycles. The van der Waals surface area contributed by atoms with Gasteiger partial charge in [0.25, 0.3) is 5.91 Å². The number of amides is 3. The molecular weight excluding hydrogens is 632 g/mol. The predicted octanol–water partition coefficient (Wildman–Crippen LogP) is 4.31. The van der Waals surface area contributed by atoms with Gasteiger partial charge in [-0.05, 0) is 135 Å². The van der Waals surface area contributed by atoms with Crippen molar-refractivity contribution in [3.63, 3.8) is 0 Å². The van der Waals surface area contributed by atoms with Crippen LogP contribution in [-0.2, 0) is 16.0 Å². The Morgan fingerprint density at radius 3 is 2.24 bits per heavy atom. The van der Waals surface area contributed by atoms with Gasteiger partial charge in [-0.15, -0.1) is 10.2 Å². The van der Waals surface area contributed by atoms with Gasteiger partial charge in [-0.25, -0.2) is 0 Å². The molecule has 50 heavy (non-hydrogen) atoms. The number of aliphatic hydroxyl groups is 1. The van der Waals surface area contributed by atoms with E-state index in [1.165, 1.54) is 0 Å². The predicted molar refractivity (Wildman–Crippen MR) is 191 cm³/mol. The van der Waals surface area contributed by atoms with Gasteiger partial charge in [0.15, 0.2) is 0 Å². The van der Waals surface area contributed by atoms with Crippen molar-refractivity contribution in [2.45, 2.75) is 82.9 Å². The van der Waals surface area contributed by atoms with Crippen LogP contribution >= 0.6 is 0 Å². The fourth-order valence-corrected chi connectivity index (χ4v) is 7.05. The highest BCUT2D eigenvalue weighted by Crippen LogP contribution is 2.29. The molecule has 0 saturated heterocycles. The zero-order valence-corrected chi connectivity index (χ0v) is 28.4. The van der Waals surface area contributed by atoms with E-state index >= 15 is 0 Å². The molecule has 6 rings (SSSR count). The lowest BCUT2D eigenvalue weighted by molar-refractivity contribution is -0.130. The molecule has 0 bridgehead atoms. The van der Waals surface area contributed by atoms with Gasteiger partial charge in [0, 0.05) is 35.2 Å². The minimum absolute atomic E-state index is 0.0867. The van der Waals surface area contributed by atoms with Crippen LogP contribution in [0, 0.1) is 18.8 Å². The van der Waals surface area contributed by atoms with Gasteiger partial charge in [0.1, 0.15) is 6.04 Å². The standard InChI is InChI=1S/C38H46N8O4/c1-23-20-29(37(49)40-31-15-17-32(47)18-16-31)12-19-33(23)26-6-2-24(3-7-26)21-34(42-36(48)28-8-4-25(22-39)5-9-28)38(50)41-30-13-10-27(11-14-30)35-43-45-46-44-35/h2-3,6-7,10-14,19-20,25,28,31-32,34,47H,4-5,8-9,15-18,21-22,39H2,1H3,(H,40,49)(H,41,50)(H,42,48)(H,43,44,45,46)/t25?,28?,31?,32?,34-/m0/s1. The van der Waals surface area contributed by atoms with Crippen molar-refractivity contribution < 1.29 is 19.5 Å². The number of aryl methyl sites for hydroxylation is 1. The monoisotopic (exact) mass is 678 g/mol. The number of aliphatic hydroxyl groups excluding tert-OH is 1. The van der Waals surface area contributed by atoms with Crippen LogP contribution in [0.4, 0.5) is 5.69 Å². The first-order chi connectivity index (χ1) is 24.2. The first-order valence-corrected chi connectivity index (χ1v) is 17.6. The molecule has 0 unspecified atom stereocenters. The number of H-pyrrole nitrogens is 1. The second-order valence-corrected chi connectivity index (χ2v) is 13.7. The van der Waals surface area contributed by atoms with Crippen LogP contribution < -0.4 is 21.7 Å². The van der Waals surface area contributed by atoms with Crippen molar-refractivity contribution in [1.29, 1.82) is 0 Å². The molecule has 262 valence electrons. The molecule has 12 nitrogen and oxygen atoms in total. The number of hydrogen-bond acceptors (Lipinski definition) is 8. The van der Waals surface area contributed by atoms with Crippen molar-refractivity contribution in [2.24, 2.45) is 17.6 Å². The molecule has 3 aromatic carbocycles. The van der Waals surface area contributed by atoms with E-state index < -0.39 is 6.04 Å². The van der Waals surface area contributed by atoms with Crippen LogP contribution in [0.25, 0.3) is 22.5 Å². The summed E-state index contributed by atoms with van der Waals surface area (Å²) < 4.78 is 0. The topological polar surface area (TPSA) is 188 Å². The van der Waals surface area contributed by atoms with Crippen molar-refractivity contribution >= 4 is 23.4 Å². The van der Waals surface area contributed by atoms with Gasteiger partial charge in [-0.1, -0.05) is 30.3 Å². The Bertz CT molecular complexity index is 1740. The maximum absolute atomic E-state index is 13.7. The van der Waals surface area contributed by atoms with E-state index in [9.17, 15) is 19.5 Å². The maximum atomic E-state index is 13.7. The molecule has 1 atom stereocenters. The molecule has 4 aromatic rings. The summed E-state index contributed by atoms with van der Waals surface area (Å²) in [4.78, 5) is 40.0. The number of nitrogens with two attached hydrogens (primary N) is 1. The van der Waals surface area contributed by atoms with Crippen LogP contribution in [0.5, 0.6) is 0 Å². The quantitative estimate of drug-likeness (QED) is 0.135. The Kier molecular flexibility index (Phi) is 11.3. The molecule has 3 amide bonds. The van der Waals surface area contributed by atoms with E-state index in [2.05, 4.69) is 36.6 Å². The second-order valence-electron chi connectivity index (χ2n) is 13.7. The summed E-state index contributed by atoms with van der Waals surface area (Å²) in [6, 6.07) is 20.1. The summed E-state index contributed by atoms with van der Waals surface area (Å²) in [6.07, 6.45) is 6.39. The number of tetrazole rings is 1. The first-order valence-electron chi connectivity index (χ1n) is 17.6. The molecule has 2 fully saturated rings. The van der Waals surface area contributed by atoms with Crippen molar-refractivity contribution in [3.05, 3.63) is 83.4 Å². The summed E-state index contributed by atoms with van der Waals surface area (Å²) in [5.74, 6) is 0.243. The first kappa shape index (κ1) is 34.9. The van der Waals surface area contributed by atoms with E-state index in [1.807, 2.05) is 49.4 Å². The number of hydrogen-bond donors (Lipinski definition) is 6. The highest BCUT2D eigenvalue weighted by molar-refractivity contribution is 5.98. The fourth-order valence-electron chi connectivity index (χ4n) is 7.05. The lowest BCUT2D eigenvalue weighted by Crippen LogP contribution is -2.48. The summed E-state index contributed by atoms with van der Waals surface area (Å²) in [5.41, 5.74) is 11.7. The molecular formula is C38H46N8O4. The van der Waals surface area contributed by atoms with E-state index in [4.69, 9.17) is 5.73 Å². The van der Waals surface area contributed by atoms with Crippen LogP contribution in [0.3, 0.4) is 0 Å². The lowest BCUT2D eigenvalue weighted by atomic mass is 9.81. The smallest absolute Gasteiger partial charge is 0.251 e. The number of carbonyl (C=O) groups excluding carboxylic acids is 3. The number of aromatic nitrogens is 4. The van der Waals surface area contributed by atoms with Gasteiger partial charge in [0.2, 0.25) is 17.6 Å². The van der Waals surface area contributed by atoms with Gasteiger partial charge in [0.05, 0.1) is 6.10 Å². The molecule has 2 aliphatic rings. The third-order valence-electron chi connectivity index (χ3n) is 10.2. The SMILES string of the molecule is Cc1cc(C(=O)NC2CCC(O)CC2)ccc1-c1ccc(C[C@H](NC(=O)C2CCC(CN)CC2)C(=O)Nc2ccc(-c3nn[nH]n3)cc2)cc1. The highest BCUT2D eigenvalue weighted by atomic mass is 16.3. The Balaban J connectivity index is 1.13. The van der Waals surface area contributed by atoms with Crippen LogP contribution in [0.1, 0.15) is 72.9 Å². The highest BCUT2D eigenvalue weighted by Gasteiger charge is 2.29. The van der Waals surface area contributed by atoms with Gasteiger partial charge < -0.3 is 26.8 Å². The third kappa shape index (κ3) is 8.80. The van der Waals surface area contributed by atoms with Crippen LogP contribution in [0.2, 0.25) is 0 Å². The molecule has 0 radical (unpaired) electrons. The van der Waals surface area contributed by atoms with Gasteiger partial charge in [-0.3, -0.25) is 14.4 Å². The van der Waals surface area contributed by atoms with E-state index in [0.717, 1.165) is 66.3 Å². The Morgan fingerprint density at radius 2 is 1.60 bits per heavy atom. The summed E-state index contributed by atoms with van der Waals surface area (Å²) in [6.45, 7) is 2.62. The largest absolute Gasteiger partial charge is 0.393 e. The lowest BCUT2D eigenvalue weighted by Gasteiger charge is -2.28. The van der Waals surface area contributed by atoms with E-state index in [0.29, 0.717) is 48.8 Å². The number of anilines is 1. The van der Waals surface area contributed by atoms with Crippen LogP contribution in [-0.4, -0.2) is 68.2 Å². The van der Waals surface area contributed by atoms with Crippen molar-refractivity contribution in [2.75, 3.05) is 11.9 Å². The molecule has 12 heteroatoms. The van der Waals surface area contributed by atoms with Gasteiger partial charge in [-0.2, -0.15) is 5.21 Å². The number of carbonyl (C=O) groups is 3. The Labute approximate surface area is 292 Å². The van der Waals surface area contributed by atoms with E-state index in [1.54, 1.807) is 24.3 Å². The normalized spacial score (nSPS) is 21.2. The molecule has 2 aliphatic carbocycles. The summed E-state index contributed by atoms with van der Waals surface area (Å²) >= 11 is 0. The Hall–Kier alpha value is -4.94. The molecule has 0 spiro atoms.